The van der Waals surface area contributed by atoms with Gasteiger partial charge in [0.15, 0.2) is 16.3 Å². The van der Waals surface area contributed by atoms with Gasteiger partial charge in [-0.2, -0.15) is 38.9 Å². The fourth-order valence-electron chi connectivity index (χ4n) is 7.84. The molecule has 9 aromatic rings. The van der Waals surface area contributed by atoms with Gasteiger partial charge in [-0.05, 0) is 85.1 Å². The van der Waals surface area contributed by atoms with Gasteiger partial charge in [-0.3, -0.25) is 22.6 Å². The minimum Gasteiger partial charge on any atom is -0.493 e. The minimum atomic E-state index is -5.32. The molecule has 0 radical (unpaired) electrons. The Kier molecular flexibility index (Phi) is 13.6. The first kappa shape index (κ1) is 51.8. The minimum absolute atomic E-state index is 0.0111. The van der Waals surface area contributed by atoms with Crippen LogP contribution in [0.15, 0.2) is 149 Å². The molecule has 0 aliphatic heterocycles. The van der Waals surface area contributed by atoms with Gasteiger partial charge in [0.25, 0.3) is 40.5 Å². The van der Waals surface area contributed by atoms with E-state index in [1.54, 1.807) is 50.2 Å². The van der Waals surface area contributed by atoms with Crippen LogP contribution >= 0.6 is 11.3 Å². The number of nitrogens with zero attached hydrogens (tertiary/aromatic N) is 10. The summed E-state index contributed by atoms with van der Waals surface area (Å²) in [4.78, 5) is 5.88. The number of thiazole rings is 1. The van der Waals surface area contributed by atoms with Crippen molar-refractivity contribution in [2.75, 3.05) is 12.4 Å². The summed E-state index contributed by atoms with van der Waals surface area (Å²) >= 11 is 0.841. The van der Waals surface area contributed by atoms with Crippen molar-refractivity contribution in [2.24, 2.45) is 30.7 Å². The molecule has 0 saturated heterocycles. The highest BCUT2D eigenvalue weighted by Crippen LogP contribution is 2.45. The number of para-hydroxylation sites is 2. The molecule has 6 aromatic carbocycles. The first-order valence-electron chi connectivity index (χ1n) is 21.4. The van der Waals surface area contributed by atoms with Crippen molar-refractivity contribution < 1.29 is 61.7 Å². The van der Waals surface area contributed by atoms with Gasteiger partial charge in [0, 0.05) is 28.0 Å². The molecule has 3 heterocycles. The predicted molar refractivity (Wildman–Crippen MR) is 272 cm³/mol. The molecule has 0 amide bonds. The first-order valence-corrected chi connectivity index (χ1v) is 28.2. The molecule has 29 heteroatoms. The zero-order chi connectivity index (χ0) is 53.8. The number of benzene rings is 6. The summed E-state index contributed by atoms with van der Waals surface area (Å²) in [5, 5.41) is 47.9. The van der Waals surface area contributed by atoms with Crippen molar-refractivity contribution in [3.05, 3.63) is 120 Å². The van der Waals surface area contributed by atoms with Gasteiger partial charge in [0.1, 0.15) is 38.6 Å². The normalized spacial score (nSPS) is 12.9. The second-order valence-electron chi connectivity index (χ2n) is 16.3. The van der Waals surface area contributed by atoms with E-state index in [9.17, 15) is 62.3 Å². The molecule has 5 N–H and O–H groups in total. The summed E-state index contributed by atoms with van der Waals surface area (Å²) in [7, 11) is -20.1. The van der Waals surface area contributed by atoms with Crippen LogP contribution in [0.3, 0.4) is 0 Å². The smallest absolute Gasteiger partial charge is 0.295 e. The van der Waals surface area contributed by atoms with E-state index in [2.05, 4.69) is 46.7 Å². The Morgan fingerprint density at radius 2 is 1.37 bits per heavy atom. The highest BCUT2D eigenvalue weighted by molar-refractivity contribution is 7.87. The number of ether oxygens (including phenoxy) is 1. The van der Waals surface area contributed by atoms with E-state index < -0.39 is 77.4 Å². The highest BCUT2D eigenvalue weighted by atomic mass is 32.2. The fourth-order valence-corrected chi connectivity index (χ4v) is 11.1. The maximum atomic E-state index is 12.7. The topological polar surface area (TPSA) is 375 Å². The molecule has 75 heavy (non-hydrogen) atoms. The zero-order valence-electron chi connectivity index (χ0n) is 38.4. The van der Waals surface area contributed by atoms with E-state index in [0.29, 0.717) is 34.3 Å². The molecule has 0 spiro atoms. The van der Waals surface area contributed by atoms with Crippen LogP contribution in [0.4, 0.5) is 32.9 Å². The lowest BCUT2D eigenvalue weighted by Crippen LogP contribution is -2.08. The summed E-state index contributed by atoms with van der Waals surface area (Å²) in [6.45, 7) is 2.99. The van der Waals surface area contributed by atoms with E-state index >= 15 is 0 Å². The molecule has 0 aliphatic rings. The average molecular weight is 1110 g/mol. The van der Waals surface area contributed by atoms with Crippen molar-refractivity contribution in [2.45, 2.75) is 35.0 Å². The number of imidazole rings is 1. The second kappa shape index (κ2) is 19.7. The van der Waals surface area contributed by atoms with Crippen LogP contribution in [0.5, 0.6) is 11.6 Å². The molecule has 0 unspecified atom stereocenters. The van der Waals surface area contributed by atoms with E-state index in [0.717, 1.165) is 34.2 Å². The van der Waals surface area contributed by atoms with Crippen molar-refractivity contribution in [1.82, 2.24) is 14.4 Å². The number of nitriles is 1. The standard InChI is InChI=1S/C46H34N10O14S5/c1-24-16-36(52-53-41-25(2)33(23-47)43-48-34-10-5-6-11-37(34)56(43)45(41)57)38(70-14-7-15-72(58,59)60)22-35(24)51-55-46-49-42(28-13-12-26-8-3-4-9-27(26)17-28)44(71-46)54-50-29-18-31-32(39(19-29)74(64,65)66)20-30(73(61,62)63)21-40(31)75(67,68)69/h3-6,8-13,16-22,57H,7,14-15H2,1-2H3,(H,58,59,60)(H,61,62,63)(H,64,65,66)(H,67,68,69). The number of azo groups is 3. The molecule has 0 fully saturated rings. The Labute approximate surface area is 428 Å². The second-order valence-corrected chi connectivity index (χ2v) is 23.1. The molecular weight excluding hydrogens is 1080 g/mol. The van der Waals surface area contributed by atoms with Crippen LogP contribution in [-0.2, 0) is 40.5 Å². The van der Waals surface area contributed by atoms with Gasteiger partial charge in [0.2, 0.25) is 11.0 Å². The summed E-state index contributed by atoms with van der Waals surface area (Å²) in [6, 6.07) is 27.4. The zero-order valence-corrected chi connectivity index (χ0v) is 42.4. The largest absolute Gasteiger partial charge is 0.493 e. The quantitative estimate of drug-likeness (QED) is 0.0362. The van der Waals surface area contributed by atoms with Crippen LogP contribution in [0.1, 0.15) is 23.1 Å². The number of fused-ring (bicyclic) bond motifs is 5. The van der Waals surface area contributed by atoms with Crippen molar-refractivity contribution in [1.29, 1.82) is 5.26 Å². The lowest BCUT2D eigenvalue weighted by atomic mass is 10.1. The number of aromatic hydroxyl groups is 1. The summed E-state index contributed by atoms with van der Waals surface area (Å²) < 4.78 is 144. The predicted octanol–water partition coefficient (Wildman–Crippen LogP) is 10.8. The fraction of sp³-hybridized carbons (Fsp3) is 0.109. The van der Waals surface area contributed by atoms with Crippen molar-refractivity contribution >= 4 is 123 Å². The molecular formula is C46H34N10O14S5. The van der Waals surface area contributed by atoms with Crippen molar-refractivity contribution in [3.63, 3.8) is 0 Å². The molecule has 0 saturated carbocycles. The highest BCUT2D eigenvalue weighted by Gasteiger charge is 2.27. The number of hydrogen-bond acceptors (Lipinski definition) is 20. The lowest BCUT2D eigenvalue weighted by molar-refractivity contribution is 0.317. The first-order chi connectivity index (χ1) is 35.4. The molecule has 0 atom stereocenters. The number of aryl methyl sites for hydroxylation is 1. The van der Waals surface area contributed by atoms with Gasteiger partial charge in [-0.25, -0.2) is 9.97 Å². The maximum Gasteiger partial charge on any atom is 0.295 e. The summed E-state index contributed by atoms with van der Waals surface area (Å²) in [5.74, 6) is -0.970. The Morgan fingerprint density at radius 3 is 2.08 bits per heavy atom. The Morgan fingerprint density at radius 1 is 0.693 bits per heavy atom. The molecule has 3 aromatic heterocycles. The van der Waals surface area contributed by atoms with Crippen LogP contribution < -0.4 is 4.74 Å². The number of pyridine rings is 1. The van der Waals surface area contributed by atoms with Crippen LogP contribution in [0.2, 0.25) is 0 Å². The van der Waals surface area contributed by atoms with Gasteiger partial charge in [0.05, 0.1) is 39.7 Å². The average Bonchev–Trinajstić information content (AvgIpc) is 3.94. The van der Waals surface area contributed by atoms with E-state index in [4.69, 9.17) is 4.74 Å². The van der Waals surface area contributed by atoms with Gasteiger partial charge >= 0.3 is 0 Å². The van der Waals surface area contributed by atoms with Crippen LogP contribution in [-0.4, -0.2) is 83.7 Å². The lowest BCUT2D eigenvalue weighted by Gasteiger charge is -2.11. The van der Waals surface area contributed by atoms with Crippen molar-refractivity contribution in [3.8, 4) is 29.0 Å². The van der Waals surface area contributed by atoms with E-state index in [1.807, 2.05) is 30.3 Å². The maximum absolute atomic E-state index is 12.7. The third-order valence-electron chi connectivity index (χ3n) is 11.3. The van der Waals surface area contributed by atoms with Crippen LogP contribution in [0.25, 0.3) is 49.5 Å². The Bertz CT molecular complexity index is 4500. The Hall–Kier alpha value is -8.05. The summed E-state index contributed by atoms with van der Waals surface area (Å²) in [6.07, 6.45) is -0.142. The van der Waals surface area contributed by atoms with Gasteiger partial charge < -0.3 is 9.84 Å². The summed E-state index contributed by atoms with van der Waals surface area (Å²) in [5.41, 5.74) is 2.55. The SMILES string of the molecule is Cc1cc(N=Nc2c(C)c(C#N)c3nc4ccccc4n3c2O)c(OCCCS(=O)(=O)O)cc1N=Nc1nc(-c2ccc3ccccc3c2)c(N=Nc2cc(S(=O)(=O)O)c3cc(S(=O)(=O)O)cc(S(=O)(=O)O)c3c2)s1. The number of aromatic nitrogens is 3. The molecule has 0 bridgehead atoms. The molecule has 382 valence electrons. The van der Waals surface area contributed by atoms with E-state index in [1.165, 1.54) is 16.5 Å². The van der Waals surface area contributed by atoms with E-state index in [-0.39, 0.29) is 74.3 Å². The number of hydrogen-bond donors (Lipinski definition) is 5. The van der Waals surface area contributed by atoms with Gasteiger partial charge in [-0.1, -0.05) is 59.9 Å². The molecule has 24 nitrogen and oxygen atoms in total. The Balaban J connectivity index is 1.13. The third kappa shape index (κ3) is 10.8. The third-order valence-corrected chi connectivity index (χ3v) is 15.6. The molecule has 0 aliphatic carbocycles. The van der Waals surface area contributed by atoms with Crippen LogP contribution in [0, 0.1) is 25.2 Å². The number of rotatable bonds is 15. The molecule has 9 rings (SSSR count). The van der Waals surface area contributed by atoms with Gasteiger partial charge in [-0.15, -0.1) is 30.7 Å². The monoisotopic (exact) mass is 1110 g/mol.